The molecule has 0 atom stereocenters. The first kappa shape index (κ1) is 20.1. The molecule has 3 heteroatoms. The van der Waals surface area contributed by atoms with E-state index < -0.39 is 0 Å². The number of aliphatic imine (C=N–C) groups is 1. The van der Waals surface area contributed by atoms with Gasteiger partial charge in [-0.25, -0.2) is 4.98 Å². The third-order valence-electron chi connectivity index (χ3n) is 6.31. The first-order valence-corrected chi connectivity index (χ1v) is 11.4. The van der Waals surface area contributed by atoms with E-state index in [4.69, 9.17) is 9.98 Å². The molecule has 0 aliphatic carbocycles. The standard InChI is InChI=1S/C31H23N3/c1-34-29(21-32-28-18-10-16-22-15-8-9-17-25(22)28)33-30-26(23-11-4-2-5-12-23)19-20-27(31(30)34)24-13-6-3-7-14-24/h2-21H,1H3/b32-21+. The number of rotatable bonds is 4. The molecule has 0 radical (unpaired) electrons. The van der Waals surface area contributed by atoms with Gasteiger partial charge in [-0.2, -0.15) is 0 Å². The molecule has 0 amide bonds. The highest BCUT2D eigenvalue weighted by atomic mass is 15.1. The van der Waals surface area contributed by atoms with Crippen LogP contribution in [0.5, 0.6) is 0 Å². The molecular formula is C31H23N3. The molecule has 6 aromatic rings. The first-order chi connectivity index (χ1) is 16.8. The fourth-order valence-electron chi connectivity index (χ4n) is 4.60. The Morgan fingerprint density at radius 1 is 0.647 bits per heavy atom. The van der Waals surface area contributed by atoms with E-state index in [-0.39, 0.29) is 0 Å². The topological polar surface area (TPSA) is 30.2 Å². The molecule has 162 valence electrons. The van der Waals surface area contributed by atoms with Crippen LogP contribution in [0.4, 0.5) is 5.69 Å². The van der Waals surface area contributed by atoms with Gasteiger partial charge in [0.2, 0.25) is 0 Å². The normalized spacial score (nSPS) is 11.6. The van der Waals surface area contributed by atoms with Crippen molar-refractivity contribution in [2.75, 3.05) is 0 Å². The zero-order chi connectivity index (χ0) is 22.9. The third kappa shape index (κ3) is 3.48. The minimum atomic E-state index is 0.823. The summed E-state index contributed by atoms with van der Waals surface area (Å²) in [5, 5.41) is 2.31. The molecule has 5 aromatic carbocycles. The Morgan fingerprint density at radius 3 is 2.03 bits per heavy atom. The summed E-state index contributed by atoms with van der Waals surface area (Å²) in [7, 11) is 2.07. The second-order valence-corrected chi connectivity index (χ2v) is 8.38. The highest BCUT2D eigenvalue weighted by molar-refractivity contribution is 6.03. The summed E-state index contributed by atoms with van der Waals surface area (Å²) in [4.78, 5) is 9.94. The van der Waals surface area contributed by atoms with Crippen molar-refractivity contribution < 1.29 is 0 Å². The molecule has 0 unspecified atom stereocenters. The highest BCUT2D eigenvalue weighted by Crippen LogP contribution is 2.35. The summed E-state index contributed by atoms with van der Waals surface area (Å²) in [6.07, 6.45) is 1.88. The number of imidazole rings is 1. The zero-order valence-electron chi connectivity index (χ0n) is 18.9. The molecule has 0 spiro atoms. The van der Waals surface area contributed by atoms with Gasteiger partial charge in [-0.15, -0.1) is 0 Å². The van der Waals surface area contributed by atoms with Gasteiger partial charge in [0.25, 0.3) is 0 Å². The van der Waals surface area contributed by atoms with Crippen LogP contribution in [0.25, 0.3) is 44.1 Å². The van der Waals surface area contributed by atoms with Gasteiger partial charge in [0.05, 0.1) is 22.9 Å². The Labute approximate surface area is 198 Å². The summed E-state index contributed by atoms with van der Waals surface area (Å²) in [6.45, 7) is 0. The van der Waals surface area contributed by atoms with Crippen LogP contribution >= 0.6 is 0 Å². The Balaban J connectivity index is 1.56. The van der Waals surface area contributed by atoms with Crippen LogP contribution in [-0.4, -0.2) is 15.8 Å². The number of aromatic nitrogens is 2. The van der Waals surface area contributed by atoms with Crippen molar-refractivity contribution >= 4 is 33.7 Å². The van der Waals surface area contributed by atoms with E-state index in [0.717, 1.165) is 44.6 Å². The fraction of sp³-hybridized carbons (Fsp3) is 0.0323. The van der Waals surface area contributed by atoms with Crippen molar-refractivity contribution in [3.05, 3.63) is 121 Å². The monoisotopic (exact) mass is 437 g/mol. The van der Waals surface area contributed by atoms with Gasteiger partial charge in [0.15, 0.2) is 5.82 Å². The summed E-state index contributed by atoms with van der Waals surface area (Å²) >= 11 is 0. The van der Waals surface area contributed by atoms with Gasteiger partial charge in [0, 0.05) is 23.6 Å². The summed E-state index contributed by atoms with van der Waals surface area (Å²) in [6, 6.07) is 39.8. The molecule has 34 heavy (non-hydrogen) atoms. The minimum absolute atomic E-state index is 0.823. The van der Waals surface area contributed by atoms with E-state index >= 15 is 0 Å². The fourth-order valence-corrected chi connectivity index (χ4v) is 4.60. The van der Waals surface area contributed by atoms with Gasteiger partial charge in [0.1, 0.15) is 0 Å². The lowest BCUT2D eigenvalue weighted by molar-refractivity contribution is 0.935. The summed E-state index contributed by atoms with van der Waals surface area (Å²) in [5.41, 5.74) is 7.64. The van der Waals surface area contributed by atoms with Crippen LogP contribution < -0.4 is 0 Å². The van der Waals surface area contributed by atoms with E-state index in [1.54, 1.807) is 0 Å². The van der Waals surface area contributed by atoms with Crippen LogP contribution in [0.1, 0.15) is 5.82 Å². The molecule has 0 aliphatic rings. The van der Waals surface area contributed by atoms with Gasteiger partial charge in [-0.05, 0) is 22.6 Å². The number of fused-ring (bicyclic) bond motifs is 2. The van der Waals surface area contributed by atoms with Crippen LogP contribution in [-0.2, 0) is 7.05 Å². The molecule has 0 fully saturated rings. The van der Waals surface area contributed by atoms with Crippen molar-refractivity contribution in [3.63, 3.8) is 0 Å². The number of nitrogens with zero attached hydrogens (tertiary/aromatic N) is 3. The number of benzene rings is 5. The Hall–Kier alpha value is -4.50. The van der Waals surface area contributed by atoms with Crippen molar-refractivity contribution in [2.24, 2.45) is 12.0 Å². The maximum atomic E-state index is 5.08. The van der Waals surface area contributed by atoms with Crippen molar-refractivity contribution in [1.82, 2.24) is 9.55 Å². The first-order valence-electron chi connectivity index (χ1n) is 11.4. The van der Waals surface area contributed by atoms with E-state index in [2.05, 4.69) is 103 Å². The van der Waals surface area contributed by atoms with Gasteiger partial charge >= 0.3 is 0 Å². The number of hydrogen-bond acceptors (Lipinski definition) is 2. The smallest absolute Gasteiger partial charge is 0.152 e. The van der Waals surface area contributed by atoms with Crippen LogP contribution in [0.3, 0.4) is 0 Å². The van der Waals surface area contributed by atoms with Crippen molar-refractivity contribution in [3.8, 4) is 22.3 Å². The zero-order valence-corrected chi connectivity index (χ0v) is 18.9. The molecule has 0 N–H and O–H groups in total. The minimum Gasteiger partial charge on any atom is -0.326 e. The van der Waals surface area contributed by atoms with E-state index in [0.29, 0.717) is 0 Å². The predicted octanol–water partition coefficient (Wildman–Crippen LogP) is 7.81. The molecule has 0 saturated heterocycles. The summed E-state index contributed by atoms with van der Waals surface area (Å²) < 4.78 is 2.15. The Kier molecular flexibility index (Phi) is 5.00. The lowest BCUT2D eigenvalue weighted by Crippen LogP contribution is -1.97. The maximum Gasteiger partial charge on any atom is 0.152 e. The van der Waals surface area contributed by atoms with E-state index in [1.165, 1.54) is 10.9 Å². The largest absolute Gasteiger partial charge is 0.326 e. The number of hydrogen-bond donors (Lipinski definition) is 0. The van der Waals surface area contributed by atoms with Crippen LogP contribution in [0.2, 0.25) is 0 Å². The molecule has 0 aliphatic heterocycles. The Morgan fingerprint density at radius 2 is 1.26 bits per heavy atom. The van der Waals surface area contributed by atoms with E-state index in [1.807, 2.05) is 30.5 Å². The van der Waals surface area contributed by atoms with E-state index in [9.17, 15) is 0 Å². The Bertz CT molecular complexity index is 1640. The van der Waals surface area contributed by atoms with Crippen LogP contribution in [0.15, 0.2) is 120 Å². The van der Waals surface area contributed by atoms with Gasteiger partial charge in [-0.1, -0.05) is 109 Å². The predicted molar refractivity (Wildman–Crippen MR) is 143 cm³/mol. The van der Waals surface area contributed by atoms with Gasteiger partial charge in [-0.3, -0.25) is 4.99 Å². The lowest BCUT2D eigenvalue weighted by atomic mass is 9.98. The van der Waals surface area contributed by atoms with Crippen molar-refractivity contribution in [2.45, 2.75) is 0 Å². The third-order valence-corrected chi connectivity index (χ3v) is 6.31. The molecule has 3 nitrogen and oxygen atoms in total. The molecule has 0 saturated carbocycles. The van der Waals surface area contributed by atoms with Crippen LogP contribution in [0, 0.1) is 0 Å². The second kappa shape index (κ2) is 8.45. The molecule has 6 rings (SSSR count). The van der Waals surface area contributed by atoms with Crippen molar-refractivity contribution in [1.29, 1.82) is 0 Å². The van der Waals surface area contributed by atoms with Gasteiger partial charge < -0.3 is 4.57 Å². The highest BCUT2D eigenvalue weighted by Gasteiger charge is 2.16. The SMILES string of the molecule is Cn1c(/C=N/c2cccc3ccccc23)nc2c(-c3ccccc3)ccc(-c3ccccc3)c21. The maximum absolute atomic E-state index is 5.08. The molecule has 0 bridgehead atoms. The average Bonchev–Trinajstić information content (AvgIpc) is 3.24. The molecular weight excluding hydrogens is 414 g/mol. The second-order valence-electron chi connectivity index (χ2n) is 8.38. The summed E-state index contributed by atoms with van der Waals surface area (Å²) in [5.74, 6) is 0.823. The molecule has 1 aromatic heterocycles. The molecule has 1 heterocycles. The lowest BCUT2D eigenvalue weighted by Gasteiger charge is -2.10. The average molecular weight is 438 g/mol. The quantitative estimate of drug-likeness (QED) is 0.259. The number of aryl methyl sites for hydroxylation is 1.